The van der Waals surface area contributed by atoms with Crippen LogP contribution in [0, 0.1) is 5.92 Å². The Morgan fingerprint density at radius 2 is 2.00 bits per heavy atom. The average molecular weight is 375 g/mol. The highest BCUT2D eigenvalue weighted by Crippen LogP contribution is 2.29. The van der Waals surface area contributed by atoms with E-state index in [1.807, 2.05) is 32.0 Å². The van der Waals surface area contributed by atoms with Crippen molar-refractivity contribution < 1.29 is 14.3 Å². The van der Waals surface area contributed by atoms with Crippen LogP contribution in [-0.4, -0.2) is 29.3 Å². The Labute approximate surface area is 158 Å². The maximum atomic E-state index is 12.1. The number of carbonyl (C=O) groups is 1. The van der Waals surface area contributed by atoms with Gasteiger partial charge in [0.25, 0.3) is 0 Å². The zero-order chi connectivity index (χ0) is 19.1. The van der Waals surface area contributed by atoms with Gasteiger partial charge in [-0.2, -0.15) is 0 Å². The molecule has 26 heavy (non-hydrogen) atoms. The quantitative estimate of drug-likeness (QED) is 0.701. The fourth-order valence-electron chi connectivity index (χ4n) is 2.19. The molecule has 2 rings (SSSR count). The zero-order valence-corrected chi connectivity index (χ0v) is 16.6. The molecule has 140 valence electrons. The van der Waals surface area contributed by atoms with Gasteiger partial charge in [0, 0.05) is 12.5 Å². The van der Waals surface area contributed by atoms with Gasteiger partial charge in [-0.15, -0.1) is 10.2 Å². The number of benzene rings is 1. The number of nitrogens with zero attached hydrogens (tertiary/aromatic N) is 2. The van der Waals surface area contributed by atoms with Crippen LogP contribution in [0.4, 0.5) is 5.13 Å². The zero-order valence-electron chi connectivity index (χ0n) is 15.8. The molecule has 6 nitrogen and oxygen atoms in total. The molecular weight excluding hydrogens is 350 g/mol. The van der Waals surface area contributed by atoms with E-state index < -0.39 is 0 Å². The molecule has 0 bridgehead atoms. The van der Waals surface area contributed by atoms with E-state index >= 15 is 0 Å². The molecule has 1 aromatic carbocycles. The maximum Gasteiger partial charge on any atom is 0.250 e. The van der Waals surface area contributed by atoms with E-state index in [0.717, 1.165) is 17.0 Å². The number of amides is 1. The molecule has 0 radical (unpaired) electrons. The summed E-state index contributed by atoms with van der Waals surface area (Å²) < 4.78 is 11.0. The first-order valence-corrected chi connectivity index (χ1v) is 9.35. The highest BCUT2D eigenvalue weighted by atomic mass is 32.1. The molecule has 0 fully saturated rings. The molecule has 1 aromatic heterocycles. The molecule has 2 aromatic rings. The number of methoxy groups -OCH3 is 1. The summed E-state index contributed by atoms with van der Waals surface area (Å²) in [6.45, 7) is 8.15. The summed E-state index contributed by atoms with van der Waals surface area (Å²) in [7, 11) is 1.59. The van der Waals surface area contributed by atoms with E-state index in [2.05, 4.69) is 29.4 Å². The molecule has 0 saturated heterocycles. The Kier molecular flexibility index (Phi) is 7.15. The van der Waals surface area contributed by atoms with E-state index in [0.29, 0.717) is 22.5 Å². The molecule has 0 saturated carbocycles. The first kappa shape index (κ1) is 19.9. The third-order valence-electron chi connectivity index (χ3n) is 3.26. The number of carbonyl (C=O) groups excluding carboxylic acids is 1. The molecule has 0 spiro atoms. The predicted octanol–water partition coefficient (Wildman–Crippen LogP) is 4.18. The summed E-state index contributed by atoms with van der Waals surface area (Å²) in [6.07, 6.45) is 4.09. The Balaban J connectivity index is 2.00. The molecule has 7 heteroatoms. The third-order valence-corrected chi connectivity index (χ3v) is 4.12. The first-order valence-electron chi connectivity index (χ1n) is 8.53. The van der Waals surface area contributed by atoms with Crippen LogP contribution < -0.4 is 14.8 Å². The number of ether oxygens (including phenoxy) is 2. The standard InChI is InChI=1S/C19H25N3O3S/c1-12(2)10-18-21-22-19(26-18)20-17(23)9-7-14-6-8-15(25-13(3)4)16(11-14)24-5/h6-9,11-13H,10H2,1-5H3,(H,20,22,23)/b9-7+. The Morgan fingerprint density at radius 1 is 1.23 bits per heavy atom. The highest BCUT2D eigenvalue weighted by Gasteiger charge is 2.09. The lowest BCUT2D eigenvalue weighted by Gasteiger charge is -2.13. The van der Waals surface area contributed by atoms with Crippen LogP contribution in [0.3, 0.4) is 0 Å². The summed E-state index contributed by atoms with van der Waals surface area (Å²) in [5.74, 6) is 1.56. The Morgan fingerprint density at radius 3 is 2.65 bits per heavy atom. The van der Waals surface area contributed by atoms with E-state index in [1.54, 1.807) is 13.2 Å². The van der Waals surface area contributed by atoms with Gasteiger partial charge >= 0.3 is 0 Å². The van der Waals surface area contributed by atoms with Crippen molar-refractivity contribution in [2.24, 2.45) is 5.92 Å². The largest absolute Gasteiger partial charge is 0.493 e. The summed E-state index contributed by atoms with van der Waals surface area (Å²) in [5.41, 5.74) is 0.839. The lowest BCUT2D eigenvalue weighted by atomic mass is 10.1. The van der Waals surface area contributed by atoms with Gasteiger partial charge in [-0.3, -0.25) is 10.1 Å². The van der Waals surface area contributed by atoms with Crippen LogP contribution in [-0.2, 0) is 11.2 Å². The topological polar surface area (TPSA) is 73.3 Å². The summed E-state index contributed by atoms with van der Waals surface area (Å²) in [6, 6.07) is 5.53. The van der Waals surface area contributed by atoms with Gasteiger partial charge in [0.2, 0.25) is 11.0 Å². The fourth-order valence-corrected chi connectivity index (χ4v) is 3.15. The minimum absolute atomic E-state index is 0.0589. The second kappa shape index (κ2) is 9.33. The summed E-state index contributed by atoms with van der Waals surface area (Å²) >= 11 is 1.40. The van der Waals surface area contributed by atoms with Crippen molar-refractivity contribution in [3.8, 4) is 11.5 Å². The van der Waals surface area contributed by atoms with E-state index in [-0.39, 0.29) is 12.0 Å². The SMILES string of the molecule is COc1cc(/C=C/C(=O)Nc2nnc(CC(C)C)s2)ccc1OC(C)C. The van der Waals surface area contributed by atoms with Crippen molar-refractivity contribution in [2.45, 2.75) is 40.2 Å². The number of rotatable bonds is 8. The molecule has 0 unspecified atom stereocenters. The van der Waals surface area contributed by atoms with Crippen LogP contribution >= 0.6 is 11.3 Å². The first-order chi connectivity index (χ1) is 12.4. The summed E-state index contributed by atoms with van der Waals surface area (Å²) in [4.78, 5) is 12.1. The molecule has 0 aliphatic carbocycles. The van der Waals surface area contributed by atoms with E-state index in [1.165, 1.54) is 17.4 Å². The molecule has 0 atom stereocenters. The highest BCUT2D eigenvalue weighted by molar-refractivity contribution is 7.15. The van der Waals surface area contributed by atoms with Gasteiger partial charge in [-0.25, -0.2) is 0 Å². The van der Waals surface area contributed by atoms with Gasteiger partial charge in [0.1, 0.15) is 5.01 Å². The van der Waals surface area contributed by atoms with E-state index in [9.17, 15) is 4.79 Å². The number of aromatic nitrogens is 2. The minimum Gasteiger partial charge on any atom is -0.493 e. The van der Waals surface area contributed by atoms with Crippen molar-refractivity contribution in [3.63, 3.8) is 0 Å². The lowest BCUT2D eigenvalue weighted by Crippen LogP contribution is -2.07. The molecule has 0 aliphatic rings. The van der Waals surface area contributed by atoms with Crippen LogP contribution in [0.1, 0.15) is 38.3 Å². The van der Waals surface area contributed by atoms with Crippen LogP contribution in [0.2, 0.25) is 0 Å². The number of anilines is 1. The smallest absolute Gasteiger partial charge is 0.250 e. The maximum absolute atomic E-state index is 12.1. The van der Waals surface area contributed by atoms with Gasteiger partial charge in [0.05, 0.1) is 13.2 Å². The second-order valence-electron chi connectivity index (χ2n) is 6.50. The van der Waals surface area contributed by atoms with Crippen LogP contribution in [0.15, 0.2) is 24.3 Å². The minimum atomic E-state index is -0.251. The normalized spacial score (nSPS) is 11.3. The monoisotopic (exact) mass is 375 g/mol. The van der Waals surface area contributed by atoms with Crippen molar-refractivity contribution in [1.29, 1.82) is 0 Å². The molecular formula is C19H25N3O3S. The summed E-state index contributed by atoms with van der Waals surface area (Å²) in [5, 5.41) is 12.2. The molecule has 0 aliphatic heterocycles. The van der Waals surface area contributed by atoms with Crippen molar-refractivity contribution in [3.05, 3.63) is 34.8 Å². The second-order valence-corrected chi connectivity index (χ2v) is 7.56. The average Bonchev–Trinajstić information content (AvgIpc) is 2.99. The predicted molar refractivity (Wildman–Crippen MR) is 105 cm³/mol. The lowest BCUT2D eigenvalue weighted by molar-refractivity contribution is -0.111. The van der Waals surface area contributed by atoms with E-state index in [4.69, 9.17) is 9.47 Å². The van der Waals surface area contributed by atoms with Gasteiger partial charge in [-0.05, 0) is 43.5 Å². The number of hydrogen-bond donors (Lipinski definition) is 1. The van der Waals surface area contributed by atoms with Crippen LogP contribution in [0.5, 0.6) is 11.5 Å². The third kappa shape index (κ3) is 6.15. The molecule has 1 amide bonds. The number of nitrogens with one attached hydrogen (secondary N) is 1. The van der Waals surface area contributed by atoms with Crippen molar-refractivity contribution in [2.75, 3.05) is 12.4 Å². The fraction of sp³-hybridized carbons (Fsp3) is 0.421. The van der Waals surface area contributed by atoms with Crippen molar-refractivity contribution in [1.82, 2.24) is 10.2 Å². The Bertz CT molecular complexity index is 769. The van der Waals surface area contributed by atoms with Gasteiger partial charge in [0.15, 0.2) is 11.5 Å². The molecule has 1 N–H and O–H groups in total. The van der Waals surface area contributed by atoms with Crippen LogP contribution in [0.25, 0.3) is 6.08 Å². The van der Waals surface area contributed by atoms with Crippen molar-refractivity contribution >= 4 is 28.5 Å². The van der Waals surface area contributed by atoms with Gasteiger partial charge < -0.3 is 9.47 Å². The van der Waals surface area contributed by atoms with Gasteiger partial charge in [-0.1, -0.05) is 31.3 Å². The Hall–Kier alpha value is -2.41. The molecule has 1 heterocycles. The number of hydrogen-bond acceptors (Lipinski definition) is 6.